The van der Waals surface area contributed by atoms with E-state index in [0.717, 1.165) is 16.6 Å². The summed E-state index contributed by atoms with van der Waals surface area (Å²) in [6.07, 6.45) is 4.92. The smallest absolute Gasteiger partial charge is 0.255 e. The molecule has 7 N–H and O–H groups in total. The number of benzene rings is 2. The van der Waals surface area contributed by atoms with Gasteiger partial charge in [0.1, 0.15) is 7.85 Å². The average molecular weight is 398 g/mol. The van der Waals surface area contributed by atoms with Gasteiger partial charge in [0.25, 0.3) is 5.91 Å². The Hall–Kier alpha value is -4.04. The Kier molecular flexibility index (Phi) is 6.19. The summed E-state index contributed by atoms with van der Waals surface area (Å²) >= 11 is 0. The number of rotatable bonds is 6. The first kappa shape index (κ1) is 20.7. The highest BCUT2D eigenvalue weighted by atomic mass is 16.1. The summed E-state index contributed by atoms with van der Waals surface area (Å²) in [4.78, 5) is 16.8. The van der Waals surface area contributed by atoms with Gasteiger partial charge in [-0.15, -0.1) is 0 Å². The molecule has 30 heavy (non-hydrogen) atoms. The van der Waals surface area contributed by atoms with Gasteiger partial charge in [-0.05, 0) is 42.0 Å². The van der Waals surface area contributed by atoms with Crippen LogP contribution in [-0.4, -0.2) is 18.7 Å². The van der Waals surface area contributed by atoms with Crippen molar-refractivity contribution < 1.29 is 4.79 Å². The summed E-state index contributed by atoms with van der Waals surface area (Å²) in [6, 6.07) is 16.1. The number of nitrogens with zero attached hydrogens (tertiary/aromatic N) is 2. The van der Waals surface area contributed by atoms with Crippen LogP contribution in [-0.2, 0) is 0 Å². The molecular formula is C22H23BN6O. The Balaban J connectivity index is 1.83. The van der Waals surface area contributed by atoms with Crippen LogP contribution in [0.15, 0.2) is 79.8 Å². The molecule has 0 atom stereocenters. The van der Waals surface area contributed by atoms with E-state index in [9.17, 15) is 4.79 Å². The van der Waals surface area contributed by atoms with Gasteiger partial charge in [-0.2, -0.15) is 0 Å². The van der Waals surface area contributed by atoms with E-state index in [0.29, 0.717) is 28.3 Å². The maximum absolute atomic E-state index is 12.8. The number of carbonyl (C=O) groups is 1. The molecule has 150 valence electrons. The minimum Gasteiger partial charge on any atom is -0.399 e. The highest BCUT2D eigenvalue weighted by Gasteiger charge is 2.12. The molecule has 0 aliphatic rings. The number of nitrogens with one attached hydrogen (secondary N) is 1. The van der Waals surface area contributed by atoms with E-state index in [1.165, 1.54) is 5.01 Å². The second-order valence-corrected chi connectivity index (χ2v) is 6.79. The number of hydrogen-bond donors (Lipinski definition) is 4. The van der Waals surface area contributed by atoms with E-state index >= 15 is 0 Å². The fourth-order valence-corrected chi connectivity index (χ4v) is 2.86. The highest BCUT2D eigenvalue weighted by Crippen LogP contribution is 2.18. The van der Waals surface area contributed by atoms with Gasteiger partial charge >= 0.3 is 0 Å². The maximum Gasteiger partial charge on any atom is 0.255 e. The largest absolute Gasteiger partial charge is 0.399 e. The number of amides is 1. The van der Waals surface area contributed by atoms with Crippen molar-refractivity contribution in [2.75, 3.05) is 10.3 Å². The lowest BCUT2D eigenvalue weighted by Crippen LogP contribution is -2.31. The third-order valence-corrected chi connectivity index (χ3v) is 4.51. The summed E-state index contributed by atoms with van der Waals surface area (Å²) in [5.41, 5.74) is 16.9. The van der Waals surface area contributed by atoms with Crippen molar-refractivity contribution >= 4 is 42.0 Å². The molecule has 3 aromatic rings. The minimum absolute atomic E-state index is 0.270. The van der Waals surface area contributed by atoms with Crippen molar-refractivity contribution in [2.24, 2.45) is 17.3 Å². The fraction of sp³-hybridized carbons (Fsp3) is 0. The van der Waals surface area contributed by atoms with Gasteiger partial charge in [0.2, 0.25) is 0 Å². The lowest BCUT2D eigenvalue weighted by atomic mass is 9.92. The number of hydrogen-bond acceptors (Lipinski definition) is 6. The van der Waals surface area contributed by atoms with E-state index in [1.807, 2.05) is 26.0 Å². The summed E-state index contributed by atoms with van der Waals surface area (Å²) in [6.45, 7) is 3.72. The van der Waals surface area contributed by atoms with E-state index in [4.69, 9.17) is 17.3 Å². The number of pyridine rings is 1. The normalized spacial score (nSPS) is 11.0. The quantitative estimate of drug-likeness (QED) is 0.281. The van der Waals surface area contributed by atoms with Gasteiger partial charge in [0.05, 0.1) is 11.4 Å². The lowest BCUT2D eigenvalue weighted by molar-refractivity contribution is 0.102. The Morgan fingerprint density at radius 1 is 1.07 bits per heavy atom. The van der Waals surface area contributed by atoms with Crippen molar-refractivity contribution in [2.45, 2.75) is 0 Å². The zero-order valence-electron chi connectivity index (χ0n) is 16.7. The summed E-state index contributed by atoms with van der Waals surface area (Å²) < 4.78 is 0. The first-order valence-electron chi connectivity index (χ1n) is 9.23. The Labute approximate surface area is 176 Å². The summed E-state index contributed by atoms with van der Waals surface area (Å²) in [5, 5.41) is 4.26. The van der Waals surface area contributed by atoms with Crippen LogP contribution in [0, 0.1) is 0 Å². The molecule has 1 amide bonds. The number of hydrazine groups is 1. The predicted molar refractivity (Wildman–Crippen MR) is 125 cm³/mol. The molecule has 0 aliphatic heterocycles. The second-order valence-electron chi connectivity index (χ2n) is 6.79. The second kappa shape index (κ2) is 8.98. The molecule has 0 saturated heterocycles. The molecule has 7 nitrogen and oxygen atoms in total. The van der Waals surface area contributed by atoms with Crippen LogP contribution in [0.5, 0.6) is 0 Å². The third-order valence-electron chi connectivity index (χ3n) is 4.51. The Morgan fingerprint density at radius 3 is 2.53 bits per heavy atom. The monoisotopic (exact) mass is 398 g/mol. The first-order chi connectivity index (χ1) is 14.3. The summed E-state index contributed by atoms with van der Waals surface area (Å²) in [5.74, 6) is 5.94. The average Bonchev–Trinajstić information content (AvgIpc) is 2.74. The van der Waals surface area contributed by atoms with Gasteiger partial charge in [-0.25, -0.2) is 5.84 Å². The SMILES string of the molecule is Bc1ccc(C(=O)Nc2cccc(C(=C)N)c2)cc1N(N)/C=C(\N)c1cccnc1. The predicted octanol–water partition coefficient (Wildman–Crippen LogP) is 1.16. The number of anilines is 2. The fourth-order valence-electron chi connectivity index (χ4n) is 2.86. The Morgan fingerprint density at radius 2 is 1.83 bits per heavy atom. The molecule has 0 bridgehead atoms. The zero-order chi connectivity index (χ0) is 21.7. The van der Waals surface area contributed by atoms with Crippen molar-refractivity contribution in [3.63, 3.8) is 0 Å². The molecule has 0 radical (unpaired) electrons. The number of carbonyl (C=O) groups excluding carboxylic acids is 1. The van der Waals surface area contributed by atoms with Crippen molar-refractivity contribution in [3.05, 3.63) is 96.5 Å². The molecule has 2 aromatic carbocycles. The third kappa shape index (κ3) is 4.87. The van der Waals surface area contributed by atoms with Crippen LogP contribution < -0.4 is 33.1 Å². The molecule has 0 fully saturated rings. The number of nitrogens with two attached hydrogens (primary N) is 3. The van der Waals surface area contributed by atoms with Gasteiger partial charge in [0, 0.05) is 41.1 Å². The van der Waals surface area contributed by atoms with Crippen molar-refractivity contribution in [1.82, 2.24) is 4.98 Å². The number of aromatic nitrogens is 1. The molecule has 0 spiro atoms. The Bertz CT molecular complexity index is 1110. The first-order valence-corrected chi connectivity index (χ1v) is 9.23. The summed E-state index contributed by atoms with van der Waals surface area (Å²) in [7, 11) is 1.90. The van der Waals surface area contributed by atoms with Crippen molar-refractivity contribution in [3.8, 4) is 0 Å². The van der Waals surface area contributed by atoms with Crippen LogP contribution in [0.1, 0.15) is 21.5 Å². The molecule has 3 rings (SSSR count). The van der Waals surface area contributed by atoms with Gasteiger partial charge in [-0.1, -0.05) is 30.2 Å². The molecule has 8 heteroatoms. The maximum atomic E-state index is 12.8. The van der Waals surface area contributed by atoms with Gasteiger partial charge in [0.15, 0.2) is 0 Å². The van der Waals surface area contributed by atoms with Crippen LogP contribution >= 0.6 is 0 Å². The molecule has 0 unspecified atom stereocenters. The lowest BCUT2D eigenvalue weighted by Gasteiger charge is -2.19. The van der Waals surface area contributed by atoms with Crippen LogP contribution in [0.4, 0.5) is 11.4 Å². The van der Waals surface area contributed by atoms with Crippen LogP contribution in [0.3, 0.4) is 0 Å². The van der Waals surface area contributed by atoms with Crippen LogP contribution in [0.25, 0.3) is 11.4 Å². The van der Waals surface area contributed by atoms with E-state index < -0.39 is 0 Å². The van der Waals surface area contributed by atoms with E-state index in [2.05, 4.69) is 16.9 Å². The molecule has 1 heterocycles. The van der Waals surface area contributed by atoms with E-state index in [1.54, 1.807) is 55.0 Å². The molecular weight excluding hydrogens is 375 g/mol. The van der Waals surface area contributed by atoms with Crippen LogP contribution in [0.2, 0.25) is 0 Å². The van der Waals surface area contributed by atoms with Crippen molar-refractivity contribution in [1.29, 1.82) is 0 Å². The van der Waals surface area contributed by atoms with Gasteiger partial charge in [-0.3, -0.25) is 14.8 Å². The molecule has 0 saturated carbocycles. The molecule has 1 aromatic heterocycles. The van der Waals surface area contributed by atoms with E-state index in [-0.39, 0.29) is 5.91 Å². The standard InChI is InChI=1S/C22H23BN6O/c1-14(24)15-4-2-6-18(10-15)28-22(30)16-7-8-19(23)21(11-16)29(26)13-20(25)17-5-3-9-27-12-17/h2-13H,1,23-26H2,(H,28,30)/b20-13-. The topological polar surface area (TPSA) is 123 Å². The highest BCUT2D eigenvalue weighted by molar-refractivity contribution is 6.36. The van der Waals surface area contributed by atoms with Gasteiger partial charge < -0.3 is 16.8 Å². The molecule has 0 aliphatic carbocycles. The zero-order valence-corrected chi connectivity index (χ0v) is 16.7. The minimum atomic E-state index is -0.270.